The van der Waals surface area contributed by atoms with E-state index in [2.05, 4.69) is 21.2 Å². The van der Waals surface area contributed by atoms with Crippen molar-refractivity contribution in [2.24, 2.45) is 0 Å². The fraction of sp³-hybridized carbons (Fsp3) is 0.294. The van der Waals surface area contributed by atoms with Crippen molar-refractivity contribution in [1.82, 2.24) is 0 Å². The summed E-state index contributed by atoms with van der Waals surface area (Å²) in [7, 11) is 1.63. The standard InChI is InChI=1S/C17H18BrCl2NO2/c1-10(2)23-17-11(6-12(18)7-16(17)22-3)9-21-15-5-4-13(19)8-14(15)20/h4-8,10,21H,9H2,1-3H3. The van der Waals surface area contributed by atoms with Gasteiger partial charge in [-0.2, -0.15) is 0 Å². The lowest BCUT2D eigenvalue weighted by molar-refractivity contribution is 0.228. The summed E-state index contributed by atoms with van der Waals surface area (Å²) >= 11 is 15.6. The van der Waals surface area contributed by atoms with E-state index in [0.29, 0.717) is 22.3 Å². The first-order chi connectivity index (χ1) is 10.9. The topological polar surface area (TPSA) is 30.5 Å². The van der Waals surface area contributed by atoms with Gasteiger partial charge in [-0.15, -0.1) is 0 Å². The van der Waals surface area contributed by atoms with E-state index in [9.17, 15) is 0 Å². The molecular weight excluding hydrogens is 401 g/mol. The number of methoxy groups -OCH3 is 1. The number of hydrogen-bond acceptors (Lipinski definition) is 3. The monoisotopic (exact) mass is 417 g/mol. The highest BCUT2D eigenvalue weighted by Gasteiger charge is 2.14. The highest BCUT2D eigenvalue weighted by atomic mass is 79.9. The molecule has 2 aromatic carbocycles. The molecule has 0 saturated heterocycles. The Hall–Kier alpha value is -1.10. The van der Waals surface area contributed by atoms with Crippen LogP contribution in [-0.2, 0) is 6.54 Å². The number of rotatable bonds is 6. The lowest BCUT2D eigenvalue weighted by Gasteiger charge is -2.19. The molecule has 0 atom stereocenters. The van der Waals surface area contributed by atoms with E-state index in [1.807, 2.05) is 32.0 Å². The van der Waals surface area contributed by atoms with Crippen LogP contribution in [0.1, 0.15) is 19.4 Å². The van der Waals surface area contributed by atoms with Gasteiger partial charge in [0.05, 0.1) is 23.9 Å². The lowest BCUT2D eigenvalue weighted by Crippen LogP contribution is -2.11. The molecule has 0 aliphatic heterocycles. The van der Waals surface area contributed by atoms with Gasteiger partial charge in [-0.05, 0) is 44.2 Å². The summed E-state index contributed by atoms with van der Waals surface area (Å²) in [6.07, 6.45) is 0.0444. The molecule has 6 heteroatoms. The summed E-state index contributed by atoms with van der Waals surface area (Å²) in [5, 5.41) is 4.48. The molecule has 1 N–H and O–H groups in total. The zero-order valence-electron chi connectivity index (χ0n) is 13.1. The van der Waals surface area contributed by atoms with Crippen LogP contribution in [-0.4, -0.2) is 13.2 Å². The van der Waals surface area contributed by atoms with Crippen LogP contribution in [0.3, 0.4) is 0 Å². The molecule has 0 aliphatic rings. The molecular formula is C17H18BrCl2NO2. The summed E-state index contributed by atoms with van der Waals surface area (Å²) in [5.74, 6) is 1.41. The van der Waals surface area contributed by atoms with Gasteiger partial charge in [0, 0.05) is 21.6 Å². The fourth-order valence-electron chi connectivity index (χ4n) is 2.10. The molecule has 0 aromatic heterocycles. The number of hydrogen-bond donors (Lipinski definition) is 1. The van der Waals surface area contributed by atoms with Gasteiger partial charge in [-0.3, -0.25) is 0 Å². The summed E-state index contributed by atoms with van der Waals surface area (Å²) in [6, 6.07) is 9.23. The van der Waals surface area contributed by atoms with Crippen LogP contribution in [0.4, 0.5) is 5.69 Å². The SMILES string of the molecule is COc1cc(Br)cc(CNc2ccc(Cl)cc2Cl)c1OC(C)C. The van der Waals surface area contributed by atoms with Gasteiger partial charge in [0.15, 0.2) is 11.5 Å². The summed E-state index contributed by atoms with van der Waals surface area (Å²) in [5.41, 5.74) is 1.78. The Morgan fingerprint density at radius 2 is 1.91 bits per heavy atom. The van der Waals surface area contributed by atoms with Crippen LogP contribution in [0.2, 0.25) is 10.0 Å². The molecule has 3 nitrogen and oxygen atoms in total. The van der Waals surface area contributed by atoms with Crippen LogP contribution in [0.25, 0.3) is 0 Å². The first-order valence-electron chi connectivity index (χ1n) is 7.12. The predicted octanol–water partition coefficient (Wildman–Crippen LogP) is 6.16. The Morgan fingerprint density at radius 1 is 1.17 bits per heavy atom. The smallest absolute Gasteiger partial charge is 0.166 e. The quantitative estimate of drug-likeness (QED) is 0.608. The van der Waals surface area contributed by atoms with E-state index < -0.39 is 0 Å². The minimum absolute atomic E-state index is 0.0444. The van der Waals surface area contributed by atoms with Gasteiger partial charge in [0.1, 0.15) is 0 Å². The van der Waals surface area contributed by atoms with Crippen LogP contribution in [0.15, 0.2) is 34.8 Å². The number of halogens is 3. The second kappa shape index (κ2) is 8.13. The Balaban J connectivity index is 2.28. The molecule has 0 unspecified atom stereocenters. The molecule has 23 heavy (non-hydrogen) atoms. The molecule has 0 heterocycles. The third-order valence-electron chi connectivity index (χ3n) is 3.07. The zero-order valence-corrected chi connectivity index (χ0v) is 16.2. The third kappa shape index (κ3) is 4.93. The average molecular weight is 419 g/mol. The zero-order chi connectivity index (χ0) is 17.0. The first kappa shape index (κ1) is 18.2. The molecule has 0 fully saturated rings. The van der Waals surface area contributed by atoms with Gasteiger partial charge in [0.25, 0.3) is 0 Å². The van der Waals surface area contributed by atoms with Crippen LogP contribution >= 0.6 is 39.1 Å². The molecule has 0 aliphatic carbocycles. The van der Waals surface area contributed by atoms with E-state index in [-0.39, 0.29) is 6.10 Å². The molecule has 124 valence electrons. The molecule has 0 amide bonds. The van der Waals surface area contributed by atoms with E-state index in [4.69, 9.17) is 32.7 Å². The van der Waals surface area contributed by atoms with Gasteiger partial charge < -0.3 is 14.8 Å². The molecule has 2 aromatic rings. The van der Waals surface area contributed by atoms with Crippen molar-refractivity contribution in [1.29, 1.82) is 0 Å². The van der Waals surface area contributed by atoms with E-state index in [1.54, 1.807) is 19.2 Å². The van der Waals surface area contributed by atoms with Crippen molar-refractivity contribution in [2.45, 2.75) is 26.5 Å². The Morgan fingerprint density at radius 3 is 2.52 bits per heavy atom. The predicted molar refractivity (Wildman–Crippen MR) is 100 cm³/mol. The molecule has 0 spiro atoms. The molecule has 0 radical (unpaired) electrons. The minimum atomic E-state index is 0.0444. The van der Waals surface area contributed by atoms with Crippen molar-refractivity contribution in [3.63, 3.8) is 0 Å². The van der Waals surface area contributed by atoms with Crippen molar-refractivity contribution >= 4 is 44.8 Å². The second-order valence-corrected chi connectivity index (χ2v) is 7.00. The second-order valence-electron chi connectivity index (χ2n) is 5.24. The van der Waals surface area contributed by atoms with E-state index in [0.717, 1.165) is 21.5 Å². The number of anilines is 1. The van der Waals surface area contributed by atoms with Gasteiger partial charge in [0.2, 0.25) is 0 Å². The number of nitrogens with one attached hydrogen (secondary N) is 1. The Labute approximate surface area is 155 Å². The van der Waals surface area contributed by atoms with Gasteiger partial charge in [-0.25, -0.2) is 0 Å². The maximum absolute atomic E-state index is 6.20. The molecule has 0 bridgehead atoms. The Bertz CT molecular complexity index is 693. The summed E-state index contributed by atoms with van der Waals surface area (Å²) < 4.78 is 12.3. The van der Waals surface area contributed by atoms with Gasteiger partial charge in [-0.1, -0.05) is 39.1 Å². The minimum Gasteiger partial charge on any atom is -0.493 e. The highest BCUT2D eigenvalue weighted by molar-refractivity contribution is 9.10. The maximum atomic E-state index is 6.20. The van der Waals surface area contributed by atoms with Crippen LogP contribution < -0.4 is 14.8 Å². The van der Waals surface area contributed by atoms with Crippen LogP contribution in [0.5, 0.6) is 11.5 Å². The van der Waals surface area contributed by atoms with Crippen molar-refractivity contribution in [2.75, 3.05) is 12.4 Å². The summed E-state index contributed by atoms with van der Waals surface area (Å²) in [6.45, 7) is 4.50. The summed E-state index contributed by atoms with van der Waals surface area (Å²) in [4.78, 5) is 0. The molecule has 0 saturated carbocycles. The molecule has 2 rings (SSSR count). The highest BCUT2D eigenvalue weighted by Crippen LogP contribution is 2.36. The third-order valence-corrected chi connectivity index (χ3v) is 4.08. The number of ether oxygens (including phenoxy) is 2. The lowest BCUT2D eigenvalue weighted by atomic mass is 10.1. The number of benzene rings is 2. The first-order valence-corrected chi connectivity index (χ1v) is 8.67. The van der Waals surface area contributed by atoms with E-state index in [1.165, 1.54) is 0 Å². The van der Waals surface area contributed by atoms with Crippen molar-refractivity contribution in [3.8, 4) is 11.5 Å². The normalized spacial score (nSPS) is 10.7. The maximum Gasteiger partial charge on any atom is 0.166 e. The van der Waals surface area contributed by atoms with Gasteiger partial charge >= 0.3 is 0 Å². The van der Waals surface area contributed by atoms with Crippen molar-refractivity contribution < 1.29 is 9.47 Å². The van der Waals surface area contributed by atoms with E-state index >= 15 is 0 Å². The van der Waals surface area contributed by atoms with Crippen molar-refractivity contribution in [3.05, 3.63) is 50.4 Å². The average Bonchev–Trinajstić information content (AvgIpc) is 2.48. The fourth-order valence-corrected chi connectivity index (χ4v) is 3.06. The Kier molecular flexibility index (Phi) is 6.45. The van der Waals surface area contributed by atoms with Crippen LogP contribution in [0, 0.1) is 0 Å². The largest absolute Gasteiger partial charge is 0.493 e.